The van der Waals surface area contributed by atoms with Crippen molar-refractivity contribution in [2.45, 2.75) is 44.4 Å². The van der Waals surface area contributed by atoms with Crippen molar-refractivity contribution >= 4 is 11.7 Å². The summed E-state index contributed by atoms with van der Waals surface area (Å²) in [6.45, 7) is 3.93. The molecule has 3 unspecified atom stereocenters. The minimum absolute atomic E-state index is 0.136. The number of rotatable bonds is 4. The highest BCUT2D eigenvalue weighted by atomic mass is 16.2. The summed E-state index contributed by atoms with van der Waals surface area (Å²) in [6, 6.07) is 12.3. The number of hydrogen-bond donors (Lipinski definition) is 4. The zero-order valence-corrected chi connectivity index (χ0v) is 16.2. The Morgan fingerprint density at radius 3 is 2.71 bits per heavy atom. The molecule has 4 rings (SSSR count). The zero-order chi connectivity index (χ0) is 19.3. The van der Waals surface area contributed by atoms with E-state index in [0.29, 0.717) is 0 Å². The number of amides is 2. The normalized spacial score (nSPS) is 25.4. The molecule has 7 nitrogen and oxygen atoms in total. The minimum atomic E-state index is -0.136. The van der Waals surface area contributed by atoms with Crippen LogP contribution >= 0.6 is 0 Å². The summed E-state index contributed by atoms with van der Waals surface area (Å²) in [6.07, 6.45) is 7.00. The molecule has 3 atom stereocenters. The van der Waals surface area contributed by atoms with Crippen LogP contribution in [0.5, 0.6) is 0 Å². The second kappa shape index (κ2) is 8.68. The number of nitrogens with one attached hydrogen (secondary N) is 4. The molecule has 148 valence electrons. The van der Waals surface area contributed by atoms with Crippen LogP contribution in [0.15, 0.2) is 48.8 Å². The number of hydrogen-bond acceptors (Lipinski definition) is 5. The quantitative estimate of drug-likeness (QED) is 0.655. The maximum Gasteiger partial charge on any atom is 0.319 e. The van der Waals surface area contributed by atoms with Crippen LogP contribution in [-0.4, -0.2) is 41.2 Å². The van der Waals surface area contributed by atoms with Crippen molar-refractivity contribution in [3.8, 4) is 0 Å². The van der Waals surface area contributed by atoms with Gasteiger partial charge in [-0.05, 0) is 62.6 Å². The summed E-state index contributed by atoms with van der Waals surface area (Å²) in [5, 5.41) is 6.06. The summed E-state index contributed by atoms with van der Waals surface area (Å²) in [5.74, 6) is 0. The van der Waals surface area contributed by atoms with Crippen molar-refractivity contribution in [2.24, 2.45) is 0 Å². The van der Waals surface area contributed by atoms with Crippen LogP contribution in [-0.2, 0) is 0 Å². The lowest BCUT2D eigenvalue weighted by molar-refractivity contribution is 0.125. The third kappa shape index (κ3) is 4.67. The number of benzene rings is 1. The maximum absolute atomic E-state index is 12.4. The number of anilines is 1. The predicted octanol–water partition coefficient (Wildman–Crippen LogP) is 2.54. The fourth-order valence-corrected chi connectivity index (χ4v) is 3.99. The maximum atomic E-state index is 12.4. The SMILES string of the molecule is Cc1ccc(NC(=O)NC2CCCN(C3CC(c4ccncc4)NN3)C2)cc1. The lowest BCUT2D eigenvalue weighted by Gasteiger charge is -2.36. The number of nitrogens with zero attached hydrogens (tertiary/aromatic N) is 2. The molecule has 0 aliphatic carbocycles. The van der Waals surface area contributed by atoms with Crippen molar-refractivity contribution in [1.29, 1.82) is 0 Å². The molecule has 0 radical (unpaired) electrons. The molecule has 0 saturated carbocycles. The van der Waals surface area contributed by atoms with Gasteiger partial charge in [0, 0.05) is 36.7 Å². The van der Waals surface area contributed by atoms with E-state index in [2.05, 4.69) is 43.5 Å². The molecule has 28 heavy (non-hydrogen) atoms. The first-order valence-corrected chi connectivity index (χ1v) is 9.96. The van der Waals surface area contributed by atoms with Crippen LogP contribution < -0.4 is 21.5 Å². The molecule has 0 spiro atoms. The van der Waals surface area contributed by atoms with Gasteiger partial charge in [0.15, 0.2) is 0 Å². The Kier molecular flexibility index (Phi) is 5.85. The second-order valence-corrected chi connectivity index (χ2v) is 7.67. The first kappa shape index (κ1) is 18.9. The Hall–Kier alpha value is -2.48. The van der Waals surface area contributed by atoms with Gasteiger partial charge >= 0.3 is 6.03 Å². The summed E-state index contributed by atoms with van der Waals surface area (Å²) in [7, 11) is 0. The molecule has 2 aliphatic heterocycles. The standard InChI is InChI=1S/C21H28N6O/c1-15-4-6-17(7-5-15)23-21(28)24-18-3-2-12-27(14-18)20-13-19(25-26-20)16-8-10-22-11-9-16/h4-11,18-20,25-26H,2-3,12-14H2,1H3,(H2,23,24,28). The zero-order valence-electron chi connectivity index (χ0n) is 16.2. The largest absolute Gasteiger partial charge is 0.334 e. The number of piperidine rings is 1. The van der Waals surface area contributed by atoms with Crippen molar-refractivity contribution in [3.63, 3.8) is 0 Å². The molecular formula is C21H28N6O. The van der Waals surface area contributed by atoms with Crippen molar-refractivity contribution < 1.29 is 4.79 Å². The molecule has 1 aromatic carbocycles. The molecule has 3 heterocycles. The van der Waals surface area contributed by atoms with Crippen LogP contribution in [0.4, 0.5) is 10.5 Å². The highest BCUT2D eigenvalue weighted by Gasteiger charge is 2.32. The molecule has 2 amide bonds. The fraction of sp³-hybridized carbons (Fsp3) is 0.429. The van der Waals surface area contributed by atoms with E-state index in [1.807, 2.05) is 43.6 Å². The number of aryl methyl sites for hydroxylation is 1. The summed E-state index contributed by atoms with van der Waals surface area (Å²) in [4.78, 5) is 18.9. The van der Waals surface area contributed by atoms with Crippen molar-refractivity contribution in [1.82, 2.24) is 26.1 Å². The average Bonchev–Trinajstić information content (AvgIpc) is 3.21. The summed E-state index contributed by atoms with van der Waals surface area (Å²) >= 11 is 0. The van der Waals surface area contributed by atoms with Crippen LogP contribution in [0.3, 0.4) is 0 Å². The molecule has 2 fully saturated rings. The van der Waals surface area contributed by atoms with E-state index in [4.69, 9.17) is 0 Å². The van der Waals surface area contributed by atoms with Crippen molar-refractivity contribution in [2.75, 3.05) is 18.4 Å². The smallest absolute Gasteiger partial charge is 0.319 e. The summed E-state index contributed by atoms with van der Waals surface area (Å²) in [5.41, 5.74) is 10.1. The van der Waals surface area contributed by atoms with E-state index in [1.54, 1.807) is 0 Å². The Balaban J connectivity index is 1.28. The van der Waals surface area contributed by atoms with Gasteiger partial charge in [-0.3, -0.25) is 9.88 Å². The highest BCUT2D eigenvalue weighted by Crippen LogP contribution is 2.25. The number of carbonyl (C=O) groups excluding carboxylic acids is 1. The number of carbonyl (C=O) groups is 1. The Labute approximate surface area is 165 Å². The lowest BCUT2D eigenvalue weighted by atomic mass is 10.0. The monoisotopic (exact) mass is 380 g/mol. The third-order valence-electron chi connectivity index (χ3n) is 5.53. The molecule has 7 heteroatoms. The fourth-order valence-electron chi connectivity index (χ4n) is 3.99. The van der Waals surface area contributed by atoms with Gasteiger partial charge in [0.25, 0.3) is 0 Å². The van der Waals surface area contributed by atoms with Gasteiger partial charge < -0.3 is 10.6 Å². The van der Waals surface area contributed by atoms with Crippen LogP contribution in [0, 0.1) is 6.92 Å². The van der Waals surface area contributed by atoms with E-state index in [-0.39, 0.29) is 24.3 Å². The van der Waals surface area contributed by atoms with Gasteiger partial charge in [-0.15, -0.1) is 0 Å². The van der Waals surface area contributed by atoms with Gasteiger partial charge in [0.2, 0.25) is 0 Å². The number of urea groups is 1. The average molecular weight is 380 g/mol. The predicted molar refractivity (Wildman–Crippen MR) is 110 cm³/mol. The third-order valence-corrected chi connectivity index (χ3v) is 5.53. The van der Waals surface area contributed by atoms with Gasteiger partial charge in [0.1, 0.15) is 0 Å². The Bertz CT molecular complexity index is 781. The van der Waals surface area contributed by atoms with Gasteiger partial charge in [-0.1, -0.05) is 17.7 Å². The van der Waals surface area contributed by atoms with Crippen LogP contribution in [0.25, 0.3) is 0 Å². The number of aromatic nitrogens is 1. The summed E-state index contributed by atoms with van der Waals surface area (Å²) < 4.78 is 0. The van der Waals surface area contributed by atoms with Crippen molar-refractivity contribution in [3.05, 3.63) is 59.9 Å². The highest BCUT2D eigenvalue weighted by molar-refractivity contribution is 5.89. The molecule has 2 aromatic rings. The van der Waals surface area contributed by atoms with Crippen LogP contribution in [0.1, 0.15) is 36.4 Å². The van der Waals surface area contributed by atoms with Crippen LogP contribution in [0.2, 0.25) is 0 Å². The second-order valence-electron chi connectivity index (χ2n) is 7.67. The molecule has 2 aliphatic rings. The Morgan fingerprint density at radius 1 is 1.14 bits per heavy atom. The minimum Gasteiger partial charge on any atom is -0.334 e. The van der Waals surface area contributed by atoms with Gasteiger partial charge in [-0.25, -0.2) is 15.6 Å². The number of hydrazine groups is 1. The lowest BCUT2D eigenvalue weighted by Crippen LogP contribution is -2.54. The number of pyridine rings is 1. The Morgan fingerprint density at radius 2 is 1.93 bits per heavy atom. The number of likely N-dealkylation sites (tertiary alicyclic amines) is 1. The van der Waals surface area contributed by atoms with E-state index in [1.165, 1.54) is 11.1 Å². The van der Waals surface area contributed by atoms with E-state index >= 15 is 0 Å². The molecule has 4 N–H and O–H groups in total. The van der Waals surface area contributed by atoms with E-state index < -0.39 is 0 Å². The molecule has 1 aromatic heterocycles. The van der Waals surface area contributed by atoms with E-state index in [0.717, 1.165) is 38.0 Å². The first-order valence-electron chi connectivity index (χ1n) is 9.96. The molecule has 2 saturated heterocycles. The molecular weight excluding hydrogens is 352 g/mol. The molecule has 0 bridgehead atoms. The van der Waals surface area contributed by atoms with Gasteiger partial charge in [-0.2, -0.15) is 0 Å². The van der Waals surface area contributed by atoms with E-state index in [9.17, 15) is 4.79 Å². The first-order chi connectivity index (χ1) is 13.7. The topological polar surface area (TPSA) is 81.3 Å². The van der Waals surface area contributed by atoms with Gasteiger partial charge in [0.05, 0.1) is 6.17 Å².